The predicted octanol–water partition coefficient (Wildman–Crippen LogP) is 8.33. The second kappa shape index (κ2) is 16.4. The van der Waals surface area contributed by atoms with Crippen LogP contribution in [-0.2, 0) is 12.8 Å². The highest BCUT2D eigenvalue weighted by molar-refractivity contribution is 5.16. The molecule has 3 rings (SSSR count). The lowest BCUT2D eigenvalue weighted by Crippen LogP contribution is -1.81. The molecule has 3 heteroatoms. The van der Waals surface area contributed by atoms with Gasteiger partial charge < -0.3 is 0 Å². The highest BCUT2D eigenvalue weighted by Gasteiger charge is 1.91. The molecule has 3 aromatic carbocycles. The van der Waals surface area contributed by atoms with E-state index in [2.05, 4.69) is 6.92 Å². The SMILES string of the molecule is CC.CCCc1ccc(F)cc1.CCc1cccc(F)c1.Cc1ccccc1F. The monoisotopic (exact) mass is 402 g/mol. The van der Waals surface area contributed by atoms with E-state index in [1.807, 2.05) is 45.0 Å². The molecule has 0 unspecified atom stereocenters. The van der Waals surface area contributed by atoms with E-state index < -0.39 is 0 Å². The predicted molar refractivity (Wildman–Crippen MR) is 119 cm³/mol. The quantitative estimate of drug-likeness (QED) is 0.413. The molecule has 0 fully saturated rings. The first kappa shape index (κ1) is 26.4. The summed E-state index contributed by atoms with van der Waals surface area (Å²) in [6.07, 6.45) is 3.06. The van der Waals surface area contributed by atoms with Gasteiger partial charge in [-0.3, -0.25) is 0 Å². The largest absolute Gasteiger partial charge is 0.207 e. The van der Waals surface area contributed by atoms with E-state index in [4.69, 9.17) is 0 Å². The molecule has 0 aliphatic carbocycles. The minimum absolute atomic E-state index is 0.132. The van der Waals surface area contributed by atoms with E-state index in [-0.39, 0.29) is 17.5 Å². The summed E-state index contributed by atoms with van der Waals surface area (Å²) < 4.78 is 37.0. The Balaban J connectivity index is 0.000000390. The minimum Gasteiger partial charge on any atom is -0.207 e. The van der Waals surface area contributed by atoms with Crippen molar-refractivity contribution in [1.29, 1.82) is 0 Å². The molecule has 0 radical (unpaired) electrons. The summed E-state index contributed by atoms with van der Waals surface area (Å²) in [6.45, 7) is 9.87. The molecule has 0 aliphatic heterocycles. The van der Waals surface area contributed by atoms with Crippen molar-refractivity contribution in [2.45, 2.75) is 53.9 Å². The zero-order valence-corrected chi connectivity index (χ0v) is 18.2. The highest BCUT2D eigenvalue weighted by atomic mass is 19.1. The van der Waals surface area contributed by atoms with Crippen molar-refractivity contribution in [1.82, 2.24) is 0 Å². The summed E-state index contributed by atoms with van der Waals surface area (Å²) in [7, 11) is 0. The molecule has 0 atom stereocenters. The number of rotatable bonds is 3. The number of halogens is 3. The standard InChI is InChI=1S/C9H11F.C8H9F.C7H7F.C2H6/c1-2-3-8-4-6-9(10)7-5-8;1-2-7-4-3-5-8(9)6-7;1-6-4-2-3-5-7(6)8;1-2/h4-7H,2-3H2,1H3;3-6H,2H2,1H3;2-5H,1H3;1-2H3. The molecular formula is C26H33F3. The average molecular weight is 403 g/mol. The van der Waals surface area contributed by atoms with E-state index >= 15 is 0 Å². The molecule has 158 valence electrons. The fourth-order valence-electron chi connectivity index (χ4n) is 2.25. The van der Waals surface area contributed by atoms with Crippen molar-refractivity contribution >= 4 is 0 Å². The van der Waals surface area contributed by atoms with Crippen LogP contribution in [0.3, 0.4) is 0 Å². The van der Waals surface area contributed by atoms with Gasteiger partial charge in [-0.15, -0.1) is 0 Å². The Morgan fingerprint density at radius 1 is 0.655 bits per heavy atom. The van der Waals surface area contributed by atoms with Gasteiger partial charge in [0.25, 0.3) is 0 Å². The number of hydrogen-bond donors (Lipinski definition) is 0. The Bertz CT molecular complexity index is 759. The first-order chi connectivity index (χ1) is 14.0. The Morgan fingerprint density at radius 3 is 1.69 bits per heavy atom. The van der Waals surface area contributed by atoms with Gasteiger partial charge >= 0.3 is 0 Å². The van der Waals surface area contributed by atoms with Crippen LogP contribution in [0.1, 0.15) is 50.8 Å². The molecule has 0 nitrogen and oxygen atoms in total. The first-order valence-electron chi connectivity index (χ1n) is 10.2. The van der Waals surface area contributed by atoms with E-state index in [1.165, 1.54) is 29.8 Å². The smallest absolute Gasteiger partial charge is 0.126 e. The van der Waals surface area contributed by atoms with Gasteiger partial charge in [0.15, 0.2) is 0 Å². The number of benzene rings is 3. The Hall–Kier alpha value is -2.55. The van der Waals surface area contributed by atoms with Crippen LogP contribution < -0.4 is 0 Å². The fourth-order valence-corrected chi connectivity index (χ4v) is 2.25. The fraction of sp³-hybridized carbons (Fsp3) is 0.308. The van der Waals surface area contributed by atoms with Crippen LogP contribution in [0.2, 0.25) is 0 Å². The lowest BCUT2D eigenvalue weighted by Gasteiger charge is -1.95. The van der Waals surface area contributed by atoms with Gasteiger partial charge in [0.2, 0.25) is 0 Å². The van der Waals surface area contributed by atoms with Crippen molar-refractivity contribution in [2.24, 2.45) is 0 Å². The van der Waals surface area contributed by atoms with Crippen molar-refractivity contribution in [3.63, 3.8) is 0 Å². The van der Waals surface area contributed by atoms with Gasteiger partial charge in [0.05, 0.1) is 0 Å². The molecule has 0 saturated carbocycles. The molecular weight excluding hydrogens is 369 g/mol. The summed E-state index contributed by atoms with van der Waals surface area (Å²) in [5, 5.41) is 0. The maximum Gasteiger partial charge on any atom is 0.126 e. The van der Waals surface area contributed by atoms with Gasteiger partial charge in [-0.05, 0) is 66.8 Å². The summed E-state index contributed by atoms with van der Waals surface area (Å²) in [5.41, 5.74) is 2.96. The molecule has 0 bridgehead atoms. The number of aryl methyl sites for hydroxylation is 3. The molecule has 0 heterocycles. The van der Waals surface area contributed by atoms with E-state index in [1.54, 1.807) is 31.2 Å². The highest BCUT2D eigenvalue weighted by Crippen LogP contribution is 2.05. The van der Waals surface area contributed by atoms with E-state index in [0.717, 1.165) is 24.8 Å². The third-order valence-corrected chi connectivity index (χ3v) is 3.83. The molecule has 0 saturated heterocycles. The topological polar surface area (TPSA) is 0 Å². The van der Waals surface area contributed by atoms with Gasteiger partial charge in [-0.1, -0.05) is 76.6 Å². The number of hydrogen-bond acceptors (Lipinski definition) is 0. The van der Waals surface area contributed by atoms with Crippen LogP contribution in [0, 0.1) is 24.4 Å². The maximum absolute atomic E-state index is 12.4. The molecule has 0 aliphatic rings. The van der Waals surface area contributed by atoms with Crippen molar-refractivity contribution in [2.75, 3.05) is 0 Å². The minimum atomic E-state index is -0.153. The lowest BCUT2D eigenvalue weighted by molar-refractivity contribution is 0.618. The second-order valence-electron chi connectivity index (χ2n) is 6.11. The third kappa shape index (κ3) is 12.5. The van der Waals surface area contributed by atoms with Crippen LogP contribution in [0.5, 0.6) is 0 Å². The van der Waals surface area contributed by atoms with Crippen LogP contribution in [-0.4, -0.2) is 0 Å². The van der Waals surface area contributed by atoms with E-state index in [0.29, 0.717) is 5.56 Å². The maximum atomic E-state index is 12.4. The summed E-state index contributed by atoms with van der Waals surface area (Å²) in [6, 6.07) is 20.0. The van der Waals surface area contributed by atoms with Crippen LogP contribution in [0.25, 0.3) is 0 Å². The molecule has 0 spiro atoms. The van der Waals surface area contributed by atoms with Crippen molar-refractivity contribution < 1.29 is 13.2 Å². The molecule has 3 aromatic rings. The zero-order valence-electron chi connectivity index (χ0n) is 18.2. The zero-order chi connectivity index (χ0) is 22.1. The molecule has 0 amide bonds. The van der Waals surface area contributed by atoms with Crippen LogP contribution in [0.15, 0.2) is 72.8 Å². The average Bonchev–Trinajstić information content (AvgIpc) is 2.74. The summed E-state index contributed by atoms with van der Waals surface area (Å²) in [4.78, 5) is 0. The molecule has 0 aromatic heterocycles. The summed E-state index contributed by atoms with van der Waals surface area (Å²) >= 11 is 0. The Morgan fingerprint density at radius 2 is 1.28 bits per heavy atom. The Kier molecular flexibility index (Phi) is 15.0. The molecule has 0 N–H and O–H groups in total. The summed E-state index contributed by atoms with van der Waals surface area (Å²) in [5.74, 6) is -0.429. The van der Waals surface area contributed by atoms with Crippen LogP contribution >= 0.6 is 0 Å². The van der Waals surface area contributed by atoms with Gasteiger partial charge in [0.1, 0.15) is 17.5 Å². The van der Waals surface area contributed by atoms with Gasteiger partial charge in [-0.25, -0.2) is 13.2 Å². The van der Waals surface area contributed by atoms with E-state index in [9.17, 15) is 13.2 Å². The Labute approximate surface area is 174 Å². The van der Waals surface area contributed by atoms with Crippen molar-refractivity contribution in [3.05, 3.63) is 107 Å². The van der Waals surface area contributed by atoms with Crippen molar-refractivity contribution in [3.8, 4) is 0 Å². The van der Waals surface area contributed by atoms with Gasteiger partial charge in [-0.2, -0.15) is 0 Å². The lowest BCUT2D eigenvalue weighted by atomic mass is 10.1. The van der Waals surface area contributed by atoms with Gasteiger partial charge in [0, 0.05) is 0 Å². The normalized spacial score (nSPS) is 9.10. The third-order valence-electron chi connectivity index (χ3n) is 3.83. The first-order valence-corrected chi connectivity index (χ1v) is 10.2. The molecule has 29 heavy (non-hydrogen) atoms. The van der Waals surface area contributed by atoms with Crippen LogP contribution in [0.4, 0.5) is 13.2 Å². The second-order valence-corrected chi connectivity index (χ2v) is 6.11.